The van der Waals surface area contributed by atoms with Crippen molar-refractivity contribution in [1.82, 2.24) is 9.88 Å². The van der Waals surface area contributed by atoms with Crippen LogP contribution in [-0.4, -0.2) is 54.4 Å². The highest BCUT2D eigenvalue weighted by Crippen LogP contribution is 2.34. The molecule has 0 bridgehead atoms. The average molecular weight is 344 g/mol. The van der Waals surface area contributed by atoms with Crippen LogP contribution < -0.4 is 4.74 Å². The maximum atomic E-state index is 12.7. The van der Waals surface area contributed by atoms with Gasteiger partial charge in [0.15, 0.2) is 0 Å². The Morgan fingerprint density at radius 2 is 2.04 bits per heavy atom. The second-order valence-electron chi connectivity index (χ2n) is 6.09. The minimum absolute atomic E-state index is 0.0525. The van der Waals surface area contributed by atoms with Crippen LogP contribution in [0.15, 0.2) is 18.3 Å². The summed E-state index contributed by atoms with van der Waals surface area (Å²) in [6.07, 6.45) is -2.13. The Balaban J connectivity index is 1.61. The van der Waals surface area contributed by atoms with Gasteiger partial charge in [-0.3, -0.25) is 4.79 Å². The van der Waals surface area contributed by atoms with Crippen LogP contribution >= 0.6 is 0 Å². The number of aromatic nitrogens is 1. The average Bonchev–Trinajstić information content (AvgIpc) is 3.07. The van der Waals surface area contributed by atoms with E-state index < -0.39 is 12.1 Å². The molecule has 0 radical (unpaired) electrons. The van der Waals surface area contributed by atoms with Gasteiger partial charge in [-0.1, -0.05) is 0 Å². The minimum Gasteiger partial charge on any atom is -0.472 e. The third-order valence-corrected chi connectivity index (χ3v) is 4.40. The van der Waals surface area contributed by atoms with Crippen LogP contribution in [0, 0.1) is 5.92 Å². The zero-order valence-electron chi connectivity index (χ0n) is 13.1. The Labute approximate surface area is 137 Å². The van der Waals surface area contributed by atoms with Gasteiger partial charge >= 0.3 is 6.18 Å². The van der Waals surface area contributed by atoms with E-state index in [0.29, 0.717) is 24.7 Å². The fourth-order valence-electron chi connectivity index (χ4n) is 2.98. The summed E-state index contributed by atoms with van der Waals surface area (Å²) in [6.45, 7) is 1.35. The van der Waals surface area contributed by atoms with Gasteiger partial charge in [0.05, 0.1) is 19.1 Å². The van der Waals surface area contributed by atoms with Crippen molar-refractivity contribution < 1.29 is 27.4 Å². The van der Waals surface area contributed by atoms with E-state index >= 15 is 0 Å². The molecular formula is C16H19F3N2O3. The first-order chi connectivity index (χ1) is 11.4. The minimum atomic E-state index is -4.18. The number of likely N-dealkylation sites (tertiary alicyclic amines) is 1. The maximum Gasteiger partial charge on any atom is 0.391 e. The largest absolute Gasteiger partial charge is 0.472 e. The van der Waals surface area contributed by atoms with Crippen LogP contribution in [0.1, 0.15) is 29.6 Å². The quantitative estimate of drug-likeness (QED) is 0.846. The summed E-state index contributed by atoms with van der Waals surface area (Å²) in [7, 11) is 0. The van der Waals surface area contributed by atoms with Gasteiger partial charge in [0.1, 0.15) is 6.10 Å². The maximum absolute atomic E-state index is 12.7. The van der Waals surface area contributed by atoms with Gasteiger partial charge in [0.2, 0.25) is 5.88 Å². The van der Waals surface area contributed by atoms with Crippen molar-refractivity contribution in [3.8, 4) is 5.88 Å². The summed E-state index contributed by atoms with van der Waals surface area (Å²) in [5.74, 6) is -1.27. The number of pyridine rings is 1. The predicted molar refractivity (Wildman–Crippen MR) is 78.8 cm³/mol. The van der Waals surface area contributed by atoms with E-state index in [2.05, 4.69) is 4.98 Å². The molecule has 1 amide bonds. The highest BCUT2D eigenvalue weighted by Gasteiger charge is 2.41. The van der Waals surface area contributed by atoms with E-state index in [1.807, 2.05) is 0 Å². The molecule has 5 nitrogen and oxygen atoms in total. The predicted octanol–water partition coefficient (Wildman–Crippen LogP) is 2.66. The molecule has 24 heavy (non-hydrogen) atoms. The summed E-state index contributed by atoms with van der Waals surface area (Å²) >= 11 is 0. The number of alkyl halides is 3. The summed E-state index contributed by atoms with van der Waals surface area (Å²) in [4.78, 5) is 18.0. The van der Waals surface area contributed by atoms with E-state index in [-0.39, 0.29) is 37.9 Å². The summed E-state index contributed by atoms with van der Waals surface area (Å²) in [6, 6.07) is 3.09. The summed E-state index contributed by atoms with van der Waals surface area (Å²) < 4.78 is 49.0. The van der Waals surface area contributed by atoms with Crippen molar-refractivity contribution >= 4 is 5.91 Å². The van der Waals surface area contributed by atoms with E-state index in [1.165, 1.54) is 17.2 Å². The Morgan fingerprint density at radius 3 is 2.67 bits per heavy atom. The fraction of sp³-hybridized carbons (Fsp3) is 0.625. The van der Waals surface area contributed by atoms with Gasteiger partial charge < -0.3 is 14.4 Å². The molecule has 1 aromatic heterocycles. The highest BCUT2D eigenvalue weighted by molar-refractivity contribution is 5.94. The van der Waals surface area contributed by atoms with Crippen molar-refractivity contribution in [1.29, 1.82) is 0 Å². The summed E-state index contributed by atoms with van der Waals surface area (Å²) in [5.41, 5.74) is 0.379. The normalized spacial score (nSPS) is 22.6. The van der Waals surface area contributed by atoms with E-state index in [1.54, 1.807) is 6.07 Å². The SMILES string of the molecule is O=C(c1ccnc(O[C@H]2CCOC2)c1)N1CCC(C(F)(F)F)CC1. The smallest absolute Gasteiger partial charge is 0.391 e. The number of carbonyl (C=O) groups is 1. The molecule has 1 atom stereocenters. The fourth-order valence-corrected chi connectivity index (χ4v) is 2.98. The number of halogens is 3. The monoisotopic (exact) mass is 344 g/mol. The zero-order valence-corrected chi connectivity index (χ0v) is 13.1. The number of hydrogen-bond acceptors (Lipinski definition) is 4. The molecule has 0 aromatic carbocycles. The van der Waals surface area contributed by atoms with Gasteiger partial charge in [-0.05, 0) is 18.9 Å². The molecule has 8 heteroatoms. The Kier molecular flexibility index (Phi) is 4.93. The standard InChI is InChI=1S/C16H19F3N2O3/c17-16(18,19)12-2-6-21(7-3-12)15(22)11-1-5-20-14(9-11)24-13-4-8-23-10-13/h1,5,9,12-13H,2-4,6-8,10H2/t13-/m0/s1. The first-order valence-electron chi connectivity index (χ1n) is 8.00. The topological polar surface area (TPSA) is 51.7 Å². The molecule has 3 heterocycles. The van der Waals surface area contributed by atoms with Crippen LogP contribution in [0.5, 0.6) is 5.88 Å². The lowest BCUT2D eigenvalue weighted by Gasteiger charge is -2.33. The van der Waals surface area contributed by atoms with E-state index in [9.17, 15) is 18.0 Å². The first kappa shape index (κ1) is 17.0. The van der Waals surface area contributed by atoms with Crippen molar-refractivity contribution in [3.63, 3.8) is 0 Å². The van der Waals surface area contributed by atoms with Crippen LogP contribution in [0.2, 0.25) is 0 Å². The van der Waals surface area contributed by atoms with Crippen LogP contribution in [0.4, 0.5) is 13.2 Å². The molecule has 2 aliphatic rings. The lowest BCUT2D eigenvalue weighted by atomic mass is 9.96. The molecule has 0 saturated carbocycles. The van der Waals surface area contributed by atoms with Gasteiger partial charge in [-0.15, -0.1) is 0 Å². The van der Waals surface area contributed by atoms with Gasteiger partial charge in [0, 0.05) is 37.3 Å². The lowest BCUT2D eigenvalue weighted by Crippen LogP contribution is -2.42. The highest BCUT2D eigenvalue weighted by atomic mass is 19.4. The summed E-state index contributed by atoms with van der Waals surface area (Å²) in [5, 5.41) is 0. The number of ether oxygens (including phenoxy) is 2. The number of piperidine rings is 1. The molecule has 3 rings (SSSR count). The molecule has 2 saturated heterocycles. The van der Waals surface area contributed by atoms with E-state index in [0.717, 1.165) is 6.42 Å². The number of carbonyl (C=O) groups excluding carboxylic acids is 1. The Bertz CT molecular complexity index is 580. The third-order valence-electron chi connectivity index (χ3n) is 4.40. The molecule has 0 unspecified atom stereocenters. The Hall–Kier alpha value is -1.83. The van der Waals surface area contributed by atoms with Crippen molar-refractivity contribution in [2.75, 3.05) is 26.3 Å². The van der Waals surface area contributed by atoms with Crippen molar-refractivity contribution in [3.05, 3.63) is 23.9 Å². The van der Waals surface area contributed by atoms with Crippen LogP contribution in [-0.2, 0) is 4.74 Å². The molecule has 2 fully saturated rings. The second kappa shape index (κ2) is 6.96. The molecular weight excluding hydrogens is 325 g/mol. The number of nitrogens with zero attached hydrogens (tertiary/aromatic N) is 2. The van der Waals surface area contributed by atoms with Gasteiger partial charge in [-0.2, -0.15) is 13.2 Å². The third kappa shape index (κ3) is 3.98. The van der Waals surface area contributed by atoms with Crippen LogP contribution in [0.3, 0.4) is 0 Å². The van der Waals surface area contributed by atoms with Crippen molar-refractivity contribution in [2.45, 2.75) is 31.5 Å². The Morgan fingerprint density at radius 1 is 1.29 bits per heavy atom. The zero-order chi connectivity index (χ0) is 17.2. The van der Waals surface area contributed by atoms with Gasteiger partial charge in [-0.25, -0.2) is 4.98 Å². The molecule has 132 valence electrons. The molecule has 0 N–H and O–H groups in total. The second-order valence-corrected chi connectivity index (χ2v) is 6.09. The molecule has 1 aromatic rings. The molecule has 2 aliphatic heterocycles. The number of rotatable bonds is 3. The van der Waals surface area contributed by atoms with Crippen LogP contribution in [0.25, 0.3) is 0 Å². The lowest BCUT2D eigenvalue weighted by molar-refractivity contribution is -0.183. The molecule has 0 aliphatic carbocycles. The number of hydrogen-bond donors (Lipinski definition) is 0. The van der Waals surface area contributed by atoms with E-state index in [4.69, 9.17) is 9.47 Å². The van der Waals surface area contributed by atoms with Gasteiger partial charge in [0.25, 0.3) is 5.91 Å². The van der Waals surface area contributed by atoms with Crippen molar-refractivity contribution in [2.24, 2.45) is 5.92 Å². The molecule has 0 spiro atoms. The number of amides is 1. The first-order valence-corrected chi connectivity index (χ1v) is 8.00.